The minimum absolute atomic E-state index is 0.163. The van der Waals surface area contributed by atoms with Gasteiger partial charge in [-0.3, -0.25) is 4.90 Å². The van der Waals surface area contributed by atoms with Gasteiger partial charge in [0.05, 0.1) is 18.8 Å². The number of likely N-dealkylation sites (N-methyl/N-ethyl adjacent to an activating group) is 1. The molecule has 1 rings (SSSR count). The molecule has 0 amide bonds. The van der Waals surface area contributed by atoms with Crippen molar-refractivity contribution in [1.29, 1.82) is 0 Å². The number of ether oxygens (including phenoxy) is 1. The van der Waals surface area contributed by atoms with E-state index in [4.69, 9.17) is 4.74 Å². The summed E-state index contributed by atoms with van der Waals surface area (Å²) in [6.07, 6.45) is -0.274. The smallest absolute Gasteiger partial charge is 0.0900 e. The largest absolute Gasteiger partial charge is 0.389 e. The molecule has 1 N–H and O–H groups in total. The van der Waals surface area contributed by atoms with Crippen LogP contribution < -0.4 is 0 Å². The molecule has 0 saturated carbocycles. The van der Waals surface area contributed by atoms with Gasteiger partial charge in [-0.2, -0.15) is 0 Å². The lowest BCUT2D eigenvalue weighted by molar-refractivity contribution is -0.00634. The molecule has 4 heteroatoms. The molecule has 0 fully saturated rings. The van der Waals surface area contributed by atoms with Crippen LogP contribution in [0.25, 0.3) is 0 Å². The van der Waals surface area contributed by atoms with Gasteiger partial charge in [0.2, 0.25) is 0 Å². The lowest BCUT2D eigenvalue weighted by Crippen LogP contribution is -2.32. The van der Waals surface area contributed by atoms with Crippen molar-refractivity contribution >= 4 is 15.9 Å². The summed E-state index contributed by atoms with van der Waals surface area (Å²) in [6, 6.07) is 8.22. The first-order chi connectivity index (χ1) is 8.47. The standard InChI is InChI=1S/C14H22BrNO2/c1-11(2)18-10-14(17)9-16(3)8-12-4-6-13(15)7-5-12/h4-7,11,14,17H,8-10H2,1-3H3. The molecule has 0 aliphatic carbocycles. The van der Waals surface area contributed by atoms with Gasteiger partial charge in [-0.25, -0.2) is 0 Å². The first-order valence-electron chi connectivity index (χ1n) is 6.20. The number of halogens is 1. The molecule has 1 aromatic carbocycles. The van der Waals surface area contributed by atoms with Crippen LogP contribution in [0.15, 0.2) is 28.7 Å². The van der Waals surface area contributed by atoms with Crippen molar-refractivity contribution in [3.8, 4) is 0 Å². The number of hydrogen-bond donors (Lipinski definition) is 1. The monoisotopic (exact) mass is 315 g/mol. The van der Waals surface area contributed by atoms with Crippen LogP contribution in [0.1, 0.15) is 19.4 Å². The Kier molecular flexibility index (Phi) is 6.86. The molecule has 1 aromatic rings. The highest BCUT2D eigenvalue weighted by Crippen LogP contribution is 2.11. The van der Waals surface area contributed by atoms with Crippen LogP contribution in [0.5, 0.6) is 0 Å². The van der Waals surface area contributed by atoms with E-state index in [1.165, 1.54) is 5.56 Å². The van der Waals surface area contributed by atoms with Gasteiger partial charge < -0.3 is 9.84 Å². The van der Waals surface area contributed by atoms with Gasteiger partial charge in [-0.05, 0) is 38.6 Å². The van der Waals surface area contributed by atoms with Gasteiger partial charge in [0.25, 0.3) is 0 Å². The van der Waals surface area contributed by atoms with Crippen LogP contribution in [0.2, 0.25) is 0 Å². The lowest BCUT2D eigenvalue weighted by Gasteiger charge is -2.21. The van der Waals surface area contributed by atoms with Crippen LogP contribution in [-0.4, -0.2) is 42.4 Å². The number of benzene rings is 1. The summed E-state index contributed by atoms with van der Waals surface area (Å²) in [5.41, 5.74) is 1.23. The fourth-order valence-corrected chi connectivity index (χ4v) is 1.95. The maximum absolute atomic E-state index is 9.82. The summed E-state index contributed by atoms with van der Waals surface area (Å²) in [7, 11) is 2.00. The Bertz CT molecular complexity index is 340. The number of aliphatic hydroxyl groups excluding tert-OH is 1. The number of hydrogen-bond acceptors (Lipinski definition) is 3. The van der Waals surface area contributed by atoms with Crippen molar-refractivity contribution in [3.63, 3.8) is 0 Å². The van der Waals surface area contributed by atoms with Crippen molar-refractivity contribution < 1.29 is 9.84 Å². The van der Waals surface area contributed by atoms with E-state index in [-0.39, 0.29) is 6.10 Å². The Morgan fingerprint density at radius 3 is 2.44 bits per heavy atom. The Hall–Kier alpha value is -0.420. The first kappa shape index (κ1) is 15.6. The fraction of sp³-hybridized carbons (Fsp3) is 0.571. The zero-order valence-corrected chi connectivity index (χ0v) is 12.9. The summed E-state index contributed by atoms with van der Waals surface area (Å²) >= 11 is 3.42. The number of rotatable bonds is 7. The van der Waals surface area contributed by atoms with E-state index >= 15 is 0 Å². The van der Waals surface area contributed by atoms with Gasteiger partial charge in [-0.1, -0.05) is 28.1 Å². The van der Waals surface area contributed by atoms with Crippen LogP contribution in [0.3, 0.4) is 0 Å². The Balaban J connectivity index is 2.32. The molecule has 0 aliphatic rings. The minimum Gasteiger partial charge on any atom is -0.389 e. The Labute approximate surface area is 118 Å². The van der Waals surface area contributed by atoms with Gasteiger partial charge >= 0.3 is 0 Å². The molecule has 18 heavy (non-hydrogen) atoms. The van der Waals surface area contributed by atoms with Crippen LogP contribution in [0, 0.1) is 0 Å². The van der Waals surface area contributed by atoms with E-state index in [0.717, 1.165) is 11.0 Å². The second-order valence-corrected chi connectivity index (χ2v) is 5.77. The van der Waals surface area contributed by atoms with Crippen LogP contribution in [-0.2, 0) is 11.3 Å². The third-order valence-electron chi connectivity index (χ3n) is 2.51. The van der Waals surface area contributed by atoms with Crippen molar-refractivity contribution in [3.05, 3.63) is 34.3 Å². The minimum atomic E-state index is -0.437. The molecular formula is C14H22BrNO2. The van der Waals surface area contributed by atoms with Gasteiger partial charge in [0.1, 0.15) is 0 Å². The lowest BCUT2D eigenvalue weighted by atomic mass is 10.2. The molecule has 1 atom stereocenters. The van der Waals surface area contributed by atoms with E-state index in [1.807, 2.05) is 33.0 Å². The van der Waals surface area contributed by atoms with Gasteiger partial charge in [-0.15, -0.1) is 0 Å². The summed E-state index contributed by atoms with van der Waals surface area (Å²) < 4.78 is 6.47. The van der Waals surface area contributed by atoms with Gasteiger partial charge in [0, 0.05) is 17.6 Å². The summed E-state index contributed by atoms with van der Waals surface area (Å²) in [5, 5.41) is 9.82. The second kappa shape index (κ2) is 7.89. The number of nitrogens with zero attached hydrogens (tertiary/aromatic N) is 1. The van der Waals surface area contributed by atoms with E-state index in [1.54, 1.807) is 0 Å². The number of aliphatic hydroxyl groups is 1. The highest BCUT2D eigenvalue weighted by atomic mass is 79.9. The van der Waals surface area contributed by atoms with Crippen molar-refractivity contribution in [1.82, 2.24) is 4.90 Å². The normalized spacial score (nSPS) is 13.3. The molecule has 0 aliphatic heterocycles. The topological polar surface area (TPSA) is 32.7 Å². The SMILES string of the molecule is CC(C)OCC(O)CN(C)Cc1ccc(Br)cc1. The van der Waals surface area contributed by atoms with E-state index in [0.29, 0.717) is 13.2 Å². The van der Waals surface area contributed by atoms with Crippen LogP contribution >= 0.6 is 15.9 Å². The quantitative estimate of drug-likeness (QED) is 0.839. The molecule has 102 valence electrons. The summed E-state index contributed by atoms with van der Waals surface area (Å²) in [6.45, 7) is 5.77. The predicted molar refractivity (Wildman–Crippen MR) is 77.6 cm³/mol. The van der Waals surface area contributed by atoms with Crippen LogP contribution in [0.4, 0.5) is 0 Å². The molecule has 0 bridgehead atoms. The maximum Gasteiger partial charge on any atom is 0.0900 e. The predicted octanol–water partition coefficient (Wildman–Crippen LogP) is 2.67. The zero-order chi connectivity index (χ0) is 13.5. The molecule has 0 saturated heterocycles. The molecule has 1 unspecified atom stereocenters. The average Bonchev–Trinajstić information content (AvgIpc) is 2.29. The Morgan fingerprint density at radius 2 is 1.89 bits per heavy atom. The maximum atomic E-state index is 9.82. The van der Waals surface area contributed by atoms with E-state index in [9.17, 15) is 5.11 Å². The highest BCUT2D eigenvalue weighted by Gasteiger charge is 2.09. The van der Waals surface area contributed by atoms with Crippen molar-refractivity contribution in [2.24, 2.45) is 0 Å². The van der Waals surface area contributed by atoms with E-state index in [2.05, 4.69) is 33.0 Å². The molecule has 0 heterocycles. The fourth-order valence-electron chi connectivity index (χ4n) is 1.68. The van der Waals surface area contributed by atoms with E-state index < -0.39 is 6.10 Å². The average molecular weight is 316 g/mol. The summed E-state index contributed by atoms with van der Waals surface area (Å²) in [5.74, 6) is 0. The zero-order valence-electron chi connectivity index (χ0n) is 11.3. The highest BCUT2D eigenvalue weighted by molar-refractivity contribution is 9.10. The molecular weight excluding hydrogens is 294 g/mol. The molecule has 0 spiro atoms. The molecule has 0 aromatic heterocycles. The van der Waals surface area contributed by atoms with Crippen molar-refractivity contribution in [2.75, 3.05) is 20.2 Å². The molecule has 0 radical (unpaired) electrons. The van der Waals surface area contributed by atoms with Crippen molar-refractivity contribution in [2.45, 2.75) is 32.6 Å². The van der Waals surface area contributed by atoms with Gasteiger partial charge in [0.15, 0.2) is 0 Å². The third kappa shape index (κ3) is 6.50. The summed E-state index contributed by atoms with van der Waals surface area (Å²) in [4.78, 5) is 2.09. The molecule has 3 nitrogen and oxygen atoms in total. The second-order valence-electron chi connectivity index (χ2n) is 4.86. The Morgan fingerprint density at radius 1 is 1.28 bits per heavy atom. The third-order valence-corrected chi connectivity index (χ3v) is 3.04. The first-order valence-corrected chi connectivity index (χ1v) is 6.99.